The summed E-state index contributed by atoms with van der Waals surface area (Å²) in [6.45, 7) is 6.24. The number of rotatable bonds is 6. The van der Waals surface area contributed by atoms with Crippen LogP contribution in [0, 0.1) is 30.9 Å². The van der Waals surface area contributed by atoms with E-state index in [1.54, 1.807) is 0 Å². The predicted octanol–water partition coefficient (Wildman–Crippen LogP) is 6.35. The molecular formula is C22H19F3N2O4. The predicted molar refractivity (Wildman–Crippen MR) is 109 cm³/mol. The van der Waals surface area contributed by atoms with Crippen LogP contribution < -0.4 is 0 Å². The molecule has 2 aromatic carbocycles. The first kappa shape index (κ1) is 22.1. The second-order valence-electron chi connectivity index (χ2n) is 7.07. The van der Waals surface area contributed by atoms with Crippen LogP contribution in [0.15, 0.2) is 52.0 Å². The Hall–Kier alpha value is -3.62. The highest BCUT2D eigenvalue weighted by molar-refractivity contribution is 5.78. The van der Waals surface area contributed by atoms with E-state index in [4.69, 9.17) is 9.25 Å². The zero-order valence-electron chi connectivity index (χ0n) is 17.0. The number of benzene rings is 2. The van der Waals surface area contributed by atoms with Crippen LogP contribution in [-0.4, -0.2) is 11.1 Å². The van der Waals surface area contributed by atoms with Gasteiger partial charge >= 0.3 is 6.18 Å². The molecule has 0 N–H and O–H groups in total. The zero-order chi connectivity index (χ0) is 22.8. The van der Waals surface area contributed by atoms with Crippen molar-refractivity contribution in [3.05, 3.63) is 86.2 Å². The van der Waals surface area contributed by atoms with E-state index in [1.807, 2.05) is 32.9 Å². The van der Waals surface area contributed by atoms with E-state index in [2.05, 4.69) is 5.16 Å². The lowest BCUT2D eigenvalue weighted by Gasteiger charge is -2.09. The lowest BCUT2D eigenvalue weighted by molar-refractivity contribution is -0.384. The van der Waals surface area contributed by atoms with Crippen molar-refractivity contribution >= 4 is 11.9 Å². The number of hydrogen-bond acceptors (Lipinski definition) is 5. The van der Waals surface area contributed by atoms with E-state index >= 15 is 0 Å². The van der Waals surface area contributed by atoms with Gasteiger partial charge in [-0.05, 0) is 61.7 Å². The highest BCUT2D eigenvalue weighted by Crippen LogP contribution is 2.37. The Balaban J connectivity index is 1.76. The molecule has 0 aliphatic rings. The highest BCUT2D eigenvalue weighted by atomic mass is 19.4. The maximum absolute atomic E-state index is 12.9. The maximum Gasteiger partial charge on any atom is 0.416 e. The first-order valence-corrected chi connectivity index (χ1v) is 9.24. The molecule has 162 valence electrons. The van der Waals surface area contributed by atoms with Crippen molar-refractivity contribution in [2.75, 3.05) is 0 Å². The normalized spacial score (nSPS) is 11.8. The maximum atomic E-state index is 12.9. The SMILES string of the molecule is Cc1cc(C)c(CO/N=C\c2ccc(-c3ccc(C(F)(F)F)cc3[N+](=O)[O-])o2)c(C)c1. The summed E-state index contributed by atoms with van der Waals surface area (Å²) in [6.07, 6.45) is -3.39. The average molecular weight is 432 g/mol. The minimum Gasteiger partial charge on any atom is -0.455 e. The standard InChI is InChI=1S/C22H19F3N2O4/c1-13-8-14(2)19(15(3)9-13)12-30-26-11-17-5-7-21(31-17)18-6-4-16(22(23,24)25)10-20(18)27(28)29/h4-11H,12H2,1-3H3/b26-11-. The van der Waals surface area contributed by atoms with Gasteiger partial charge in [0, 0.05) is 6.07 Å². The molecule has 0 unspecified atom stereocenters. The van der Waals surface area contributed by atoms with Crippen LogP contribution in [0.3, 0.4) is 0 Å². The Bertz CT molecular complexity index is 1130. The molecule has 3 aromatic rings. The van der Waals surface area contributed by atoms with E-state index in [0.717, 1.165) is 34.4 Å². The van der Waals surface area contributed by atoms with Crippen LogP contribution in [0.5, 0.6) is 0 Å². The third-order valence-corrected chi connectivity index (χ3v) is 4.72. The van der Waals surface area contributed by atoms with E-state index in [1.165, 1.54) is 18.3 Å². The van der Waals surface area contributed by atoms with E-state index in [9.17, 15) is 23.3 Å². The minimum absolute atomic E-state index is 0.0482. The molecule has 31 heavy (non-hydrogen) atoms. The van der Waals surface area contributed by atoms with Crippen molar-refractivity contribution in [2.45, 2.75) is 33.6 Å². The smallest absolute Gasteiger partial charge is 0.416 e. The van der Waals surface area contributed by atoms with Crippen LogP contribution >= 0.6 is 0 Å². The van der Waals surface area contributed by atoms with Crippen molar-refractivity contribution in [1.29, 1.82) is 0 Å². The zero-order valence-corrected chi connectivity index (χ0v) is 17.0. The van der Waals surface area contributed by atoms with Crippen molar-refractivity contribution in [3.63, 3.8) is 0 Å². The highest BCUT2D eigenvalue weighted by Gasteiger charge is 2.33. The van der Waals surface area contributed by atoms with Gasteiger partial charge < -0.3 is 9.25 Å². The quantitative estimate of drug-likeness (QED) is 0.258. The Kier molecular flexibility index (Phi) is 6.14. The number of halogens is 3. The molecule has 0 saturated heterocycles. The van der Waals surface area contributed by atoms with Gasteiger partial charge in [-0.1, -0.05) is 22.9 Å². The average Bonchev–Trinajstić information content (AvgIpc) is 3.14. The molecule has 0 atom stereocenters. The number of furan rings is 1. The lowest BCUT2D eigenvalue weighted by Crippen LogP contribution is -2.06. The molecular weight excluding hydrogens is 413 g/mol. The van der Waals surface area contributed by atoms with Crippen molar-refractivity contribution in [1.82, 2.24) is 0 Å². The van der Waals surface area contributed by atoms with Crippen LogP contribution in [0.25, 0.3) is 11.3 Å². The monoisotopic (exact) mass is 432 g/mol. The third kappa shape index (κ3) is 5.11. The molecule has 0 aliphatic carbocycles. The summed E-state index contributed by atoms with van der Waals surface area (Å²) in [5.74, 6) is 0.286. The van der Waals surface area contributed by atoms with Gasteiger partial charge in [0.1, 0.15) is 24.3 Å². The summed E-state index contributed by atoms with van der Waals surface area (Å²) in [7, 11) is 0. The number of nitrogens with zero attached hydrogens (tertiary/aromatic N) is 2. The lowest BCUT2D eigenvalue weighted by atomic mass is 10.0. The van der Waals surface area contributed by atoms with Crippen LogP contribution in [0.4, 0.5) is 18.9 Å². The van der Waals surface area contributed by atoms with Gasteiger partial charge in [0.15, 0.2) is 0 Å². The van der Waals surface area contributed by atoms with Gasteiger partial charge in [-0.2, -0.15) is 13.2 Å². The summed E-state index contributed by atoms with van der Waals surface area (Å²) in [5, 5.41) is 15.1. The van der Waals surface area contributed by atoms with Crippen LogP contribution in [-0.2, 0) is 17.6 Å². The number of hydrogen-bond donors (Lipinski definition) is 0. The fourth-order valence-corrected chi connectivity index (χ4v) is 3.26. The number of alkyl halides is 3. The summed E-state index contributed by atoms with van der Waals surface area (Å²) in [6, 6.07) is 9.28. The van der Waals surface area contributed by atoms with Crippen molar-refractivity contribution in [2.24, 2.45) is 5.16 Å². The van der Waals surface area contributed by atoms with Gasteiger partial charge in [-0.3, -0.25) is 10.1 Å². The molecule has 0 bridgehead atoms. The first-order chi connectivity index (χ1) is 14.6. The molecule has 0 fully saturated rings. The van der Waals surface area contributed by atoms with Crippen molar-refractivity contribution < 1.29 is 27.3 Å². The Morgan fingerprint density at radius 3 is 2.39 bits per heavy atom. The Labute approximate surface area is 176 Å². The van der Waals surface area contributed by atoms with Gasteiger partial charge in [0.05, 0.1) is 16.1 Å². The Morgan fingerprint density at radius 2 is 1.77 bits per heavy atom. The molecule has 0 radical (unpaired) electrons. The summed E-state index contributed by atoms with van der Waals surface area (Å²) in [4.78, 5) is 15.7. The summed E-state index contributed by atoms with van der Waals surface area (Å²) >= 11 is 0. The van der Waals surface area contributed by atoms with Gasteiger partial charge in [0.2, 0.25) is 0 Å². The molecule has 0 amide bonds. The van der Waals surface area contributed by atoms with Crippen LogP contribution in [0.2, 0.25) is 0 Å². The van der Waals surface area contributed by atoms with E-state index in [-0.39, 0.29) is 23.7 Å². The van der Waals surface area contributed by atoms with Crippen LogP contribution in [0.1, 0.15) is 33.6 Å². The van der Waals surface area contributed by atoms with E-state index < -0.39 is 22.4 Å². The number of nitro groups is 1. The summed E-state index contributed by atoms with van der Waals surface area (Å²) < 4.78 is 44.1. The molecule has 0 saturated carbocycles. The first-order valence-electron chi connectivity index (χ1n) is 9.24. The molecule has 6 nitrogen and oxygen atoms in total. The second kappa shape index (κ2) is 8.63. The number of aryl methyl sites for hydroxylation is 3. The number of oxime groups is 1. The molecule has 0 spiro atoms. The molecule has 1 heterocycles. The largest absolute Gasteiger partial charge is 0.455 e. The summed E-state index contributed by atoms with van der Waals surface area (Å²) in [5.41, 5.74) is 2.47. The number of nitro benzene ring substituents is 1. The minimum atomic E-state index is -4.68. The topological polar surface area (TPSA) is 77.9 Å². The fourth-order valence-electron chi connectivity index (χ4n) is 3.26. The fraction of sp³-hybridized carbons (Fsp3) is 0.227. The molecule has 0 aliphatic heterocycles. The van der Waals surface area contributed by atoms with Gasteiger partial charge in [0.25, 0.3) is 5.69 Å². The molecule has 1 aromatic heterocycles. The van der Waals surface area contributed by atoms with Gasteiger partial charge in [-0.15, -0.1) is 0 Å². The van der Waals surface area contributed by atoms with Gasteiger partial charge in [-0.25, -0.2) is 0 Å². The van der Waals surface area contributed by atoms with Crippen molar-refractivity contribution in [3.8, 4) is 11.3 Å². The van der Waals surface area contributed by atoms with E-state index in [0.29, 0.717) is 6.07 Å². The molecule has 3 rings (SSSR count). The Morgan fingerprint density at radius 1 is 1.10 bits per heavy atom. The second-order valence-corrected chi connectivity index (χ2v) is 7.07. The third-order valence-electron chi connectivity index (χ3n) is 4.72. The molecule has 9 heteroatoms.